The summed E-state index contributed by atoms with van der Waals surface area (Å²) in [7, 11) is 3.65. The van der Waals surface area contributed by atoms with Gasteiger partial charge in [0.15, 0.2) is 0 Å². The first-order valence-electron chi connectivity index (χ1n) is 10.5. The lowest BCUT2D eigenvalue weighted by Crippen LogP contribution is -3.21. The van der Waals surface area contributed by atoms with E-state index in [4.69, 9.17) is 18.9 Å². The van der Waals surface area contributed by atoms with Gasteiger partial charge in [0, 0.05) is 38.4 Å². The van der Waals surface area contributed by atoms with Crippen molar-refractivity contribution in [2.24, 2.45) is 23.7 Å². The van der Waals surface area contributed by atoms with Gasteiger partial charge in [0.05, 0.1) is 37.0 Å². The molecule has 0 bridgehead atoms. The molecule has 3 saturated heterocycles. The summed E-state index contributed by atoms with van der Waals surface area (Å²) in [6.45, 7) is 2.42. The van der Waals surface area contributed by atoms with E-state index >= 15 is 0 Å². The van der Waals surface area contributed by atoms with Crippen molar-refractivity contribution in [3.05, 3.63) is 0 Å². The molecule has 6 nitrogen and oxygen atoms in total. The van der Waals surface area contributed by atoms with Crippen LogP contribution < -0.4 is 4.90 Å². The molecule has 2 saturated carbocycles. The van der Waals surface area contributed by atoms with Gasteiger partial charge in [-0.25, -0.2) is 0 Å². The third-order valence-corrected chi connectivity index (χ3v) is 8.39. The van der Waals surface area contributed by atoms with Gasteiger partial charge in [0.25, 0.3) is 0 Å². The van der Waals surface area contributed by atoms with Crippen molar-refractivity contribution in [1.82, 2.24) is 0 Å². The summed E-state index contributed by atoms with van der Waals surface area (Å²) in [5, 5.41) is 10.9. The van der Waals surface area contributed by atoms with Crippen LogP contribution in [0.15, 0.2) is 0 Å². The lowest BCUT2D eigenvalue weighted by Gasteiger charge is -2.55. The highest BCUT2D eigenvalue weighted by molar-refractivity contribution is 5.00. The zero-order valence-corrected chi connectivity index (χ0v) is 16.0. The van der Waals surface area contributed by atoms with E-state index in [1.165, 1.54) is 12.8 Å². The number of hydrogen-bond donors (Lipinski definition) is 2. The number of quaternary nitrogens is 1. The van der Waals surface area contributed by atoms with Gasteiger partial charge in [0.2, 0.25) is 0 Å². The Bertz CT molecular complexity index is 518. The second kappa shape index (κ2) is 6.98. The van der Waals surface area contributed by atoms with Crippen LogP contribution in [-0.4, -0.2) is 75.8 Å². The highest BCUT2D eigenvalue weighted by Gasteiger charge is 2.57. The number of aliphatic hydroxyl groups excluding tert-OH is 1. The van der Waals surface area contributed by atoms with Crippen molar-refractivity contribution in [1.29, 1.82) is 0 Å². The molecule has 0 spiro atoms. The fourth-order valence-corrected chi connectivity index (χ4v) is 7.19. The minimum atomic E-state index is -0.212. The number of hydrogen-bond acceptors (Lipinski definition) is 5. The second-order valence-corrected chi connectivity index (χ2v) is 9.28. The zero-order valence-electron chi connectivity index (χ0n) is 16.0. The van der Waals surface area contributed by atoms with Gasteiger partial charge in [-0.05, 0) is 31.6 Å². The van der Waals surface area contributed by atoms with E-state index in [-0.39, 0.29) is 30.5 Å². The summed E-state index contributed by atoms with van der Waals surface area (Å²) >= 11 is 0. The number of aliphatic hydroxyl groups is 1. The molecular formula is C20H34NO5+. The van der Waals surface area contributed by atoms with Crippen LogP contribution in [0.5, 0.6) is 0 Å². The predicted molar refractivity (Wildman–Crippen MR) is 93.7 cm³/mol. The summed E-state index contributed by atoms with van der Waals surface area (Å²) in [4.78, 5) is 1.59. The third kappa shape index (κ3) is 2.76. The molecule has 6 heteroatoms. The lowest BCUT2D eigenvalue weighted by atomic mass is 9.61. The molecule has 0 aromatic carbocycles. The largest absolute Gasteiger partial charge is 0.387 e. The normalized spacial score (nSPS) is 56.2. The zero-order chi connectivity index (χ0) is 17.8. The summed E-state index contributed by atoms with van der Waals surface area (Å²) < 4.78 is 23.2. The Hall–Kier alpha value is -0.240. The maximum Gasteiger partial charge on any atom is 0.147 e. The van der Waals surface area contributed by atoms with Crippen molar-refractivity contribution < 1.29 is 29.0 Å². The van der Waals surface area contributed by atoms with Gasteiger partial charge < -0.3 is 29.0 Å². The Balaban J connectivity index is 1.36. The molecule has 10 unspecified atom stereocenters. The van der Waals surface area contributed by atoms with Crippen molar-refractivity contribution in [3.63, 3.8) is 0 Å². The molecule has 5 rings (SSSR count). The first-order chi connectivity index (χ1) is 12.7. The van der Waals surface area contributed by atoms with Crippen molar-refractivity contribution in [2.45, 2.75) is 68.7 Å². The molecule has 26 heavy (non-hydrogen) atoms. The molecule has 0 aromatic rings. The van der Waals surface area contributed by atoms with Crippen LogP contribution in [0.4, 0.5) is 0 Å². The molecule has 5 fully saturated rings. The monoisotopic (exact) mass is 368 g/mol. The number of rotatable bonds is 2. The Morgan fingerprint density at radius 3 is 2.38 bits per heavy atom. The van der Waals surface area contributed by atoms with Crippen LogP contribution in [0.3, 0.4) is 0 Å². The average Bonchev–Trinajstić information content (AvgIpc) is 3.12. The molecule has 148 valence electrons. The predicted octanol–water partition coefficient (Wildman–Crippen LogP) is -0.158. The molecule has 3 aliphatic heterocycles. The van der Waals surface area contributed by atoms with Gasteiger partial charge in [-0.3, -0.25) is 0 Å². The van der Waals surface area contributed by atoms with E-state index in [9.17, 15) is 5.11 Å². The molecule has 0 amide bonds. The number of piperidine rings is 2. The van der Waals surface area contributed by atoms with Gasteiger partial charge in [-0.2, -0.15) is 0 Å². The Labute approximate surface area is 156 Å². The Kier molecular flexibility index (Phi) is 4.78. The Morgan fingerprint density at radius 2 is 1.65 bits per heavy atom. The van der Waals surface area contributed by atoms with Gasteiger partial charge in [-0.1, -0.05) is 0 Å². The van der Waals surface area contributed by atoms with E-state index in [1.54, 1.807) is 4.90 Å². The van der Waals surface area contributed by atoms with Crippen LogP contribution >= 0.6 is 0 Å². The molecule has 2 N–H and O–H groups in total. The maximum atomic E-state index is 10.9. The first-order valence-corrected chi connectivity index (χ1v) is 10.5. The number of fused-ring (bicyclic) bond motifs is 5. The van der Waals surface area contributed by atoms with E-state index in [0.717, 1.165) is 38.3 Å². The molecular weight excluding hydrogens is 334 g/mol. The summed E-state index contributed by atoms with van der Waals surface area (Å²) in [6.07, 6.45) is 6.32. The van der Waals surface area contributed by atoms with Crippen LogP contribution in [0.1, 0.15) is 32.1 Å². The topological polar surface area (TPSA) is 61.6 Å². The van der Waals surface area contributed by atoms with E-state index in [1.807, 2.05) is 14.2 Å². The molecule has 5 aliphatic rings. The second-order valence-electron chi connectivity index (χ2n) is 9.28. The van der Waals surface area contributed by atoms with Crippen molar-refractivity contribution in [2.75, 3.05) is 34.1 Å². The highest BCUT2D eigenvalue weighted by atomic mass is 16.7. The minimum absolute atomic E-state index is 0.198. The van der Waals surface area contributed by atoms with E-state index in [0.29, 0.717) is 30.6 Å². The molecule has 3 heterocycles. The summed E-state index contributed by atoms with van der Waals surface area (Å²) in [5.74, 6) is 2.24. The van der Waals surface area contributed by atoms with Crippen LogP contribution in [0, 0.1) is 23.7 Å². The summed E-state index contributed by atoms with van der Waals surface area (Å²) in [5.41, 5.74) is 0. The highest BCUT2D eigenvalue weighted by Crippen LogP contribution is 2.45. The smallest absolute Gasteiger partial charge is 0.147 e. The van der Waals surface area contributed by atoms with Gasteiger partial charge in [-0.15, -0.1) is 0 Å². The SMILES string of the molecule is COC1CCC2CC3C4CC5OCOC5CC4[C@@H](O)C[NH+]3CC2C1OC. The maximum absolute atomic E-state index is 10.9. The van der Waals surface area contributed by atoms with Gasteiger partial charge >= 0.3 is 0 Å². The fraction of sp³-hybridized carbons (Fsp3) is 1.00. The van der Waals surface area contributed by atoms with Crippen molar-refractivity contribution >= 4 is 0 Å². The van der Waals surface area contributed by atoms with Crippen LogP contribution in [-0.2, 0) is 18.9 Å². The quantitative estimate of drug-likeness (QED) is 0.709. The third-order valence-electron chi connectivity index (χ3n) is 8.39. The summed E-state index contributed by atoms with van der Waals surface area (Å²) in [6, 6.07) is 0.659. The number of methoxy groups -OCH3 is 2. The van der Waals surface area contributed by atoms with Gasteiger partial charge in [0.1, 0.15) is 19.4 Å². The Morgan fingerprint density at radius 1 is 0.885 bits per heavy atom. The van der Waals surface area contributed by atoms with E-state index < -0.39 is 0 Å². The standard InChI is InChI=1S/C20H33NO5/c1-23-17-4-3-11-5-15-12-6-18-19(26-10-25-18)7-13(12)16(22)9-21(15)8-14(11)20(17)24-2/h11-20,22H,3-10H2,1-2H3/p+1/t11?,12?,13?,14?,15?,16-,17?,18?,19?,20?/m0/s1. The van der Waals surface area contributed by atoms with Crippen LogP contribution in [0.25, 0.3) is 0 Å². The molecule has 2 aliphatic carbocycles. The lowest BCUT2D eigenvalue weighted by molar-refractivity contribution is -0.951. The van der Waals surface area contributed by atoms with E-state index in [2.05, 4.69) is 0 Å². The first kappa shape index (κ1) is 17.8. The number of ether oxygens (including phenoxy) is 4. The van der Waals surface area contributed by atoms with Crippen molar-refractivity contribution in [3.8, 4) is 0 Å². The van der Waals surface area contributed by atoms with Crippen LogP contribution in [0.2, 0.25) is 0 Å². The molecule has 0 aromatic heterocycles. The minimum Gasteiger partial charge on any atom is -0.387 e. The average molecular weight is 368 g/mol. The number of nitrogens with one attached hydrogen (secondary N) is 1. The molecule has 0 radical (unpaired) electrons. The fourth-order valence-electron chi connectivity index (χ4n) is 7.19. The molecule has 11 atom stereocenters.